The van der Waals surface area contributed by atoms with E-state index in [-0.39, 0.29) is 6.10 Å². The molecule has 0 aliphatic heterocycles. The molecule has 1 atom stereocenters. The van der Waals surface area contributed by atoms with E-state index in [4.69, 9.17) is 4.74 Å². The molecule has 0 spiro atoms. The first-order valence-corrected chi connectivity index (χ1v) is 6.64. The predicted molar refractivity (Wildman–Crippen MR) is 72.1 cm³/mol. The van der Waals surface area contributed by atoms with Crippen LogP contribution in [-0.2, 0) is 19.9 Å². The number of aliphatic hydroxyl groups is 1. The van der Waals surface area contributed by atoms with Gasteiger partial charge in [0.1, 0.15) is 11.6 Å². The summed E-state index contributed by atoms with van der Waals surface area (Å²) in [6.07, 6.45) is 6.00. The molecule has 100 valence electrons. The summed E-state index contributed by atoms with van der Waals surface area (Å²) in [6.45, 7) is 0.617. The summed E-state index contributed by atoms with van der Waals surface area (Å²) in [4.78, 5) is 4.26. The second kappa shape index (κ2) is 5.05. The van der Waals surface area contributed by atoms with Crippen molar-refractivity contribution in [3.05, 3.63) is 47.5 Å². The molecule has 2 aromatic rings. The van der Waals surface area contributed by atoms with E-state index in [9.17, 15) is 5.11 Å². The lowest BCUT2D eigenvalue weighted by Gasteiger charge is -2.09. The second-order valence-electron chi connectivity index (χ2n) is 4.97. The van der Waals surface area contributed by atoms with Crippen molar-refractivity contribution in [3.63, 3.8) is 0 Å². The van der Waals surface area contributed by atoms with Crippen molar-refractivity contribution >= 4 is 0 Å². The molecule has 4 nitrogen and oxygen atoms in total. The molecule has 0 radical (unpaired) electrons. The van der Waals surface area contributed by atoms with Gasteiger partial charge in [0.05, 0.1) is 12.7 Å². The van der Waals surface area contributed by atoms with Crippen LogP contribution < -0.4 is 4.74 Å². The molecule has 0 amide bonds. The van der Waals surface area contributed by atoms with Crippen molar-refractivity contribution in [1.82, 2.24) is 9.55 Å². The monoisotopic (exact) mass is 258 g/mol. The maximum atomic E-state index is 9.75. The fourth-order valence-corrected chi connectivity index (χ4v) is 2.56. The first-order chi connectivity index (χ1) is 9.24. The maximum Gasteiger partial charge on any atom is 0.119 e. The van der Waals surface area contributed by atoms with Gasteiger partial charge in [-0.05, 0) is 36.1 Å². The van der Waals surface area contributed by atoms with E-state index < -0.39 is 0 Å². The third-order valence-corrected chi connectivity index (χ3v) is 3.68. The minimum atomic E-state index is -0.295. The molecule has 0 fully saturated rings. The zero-order chi connectivity index (χ0) is 13.2. The molecule has 1 aliphatic rings. The second-order valence-corrected chi connectivity index (χ2v) is 4.97. The minimum absolute atomic E-state index is 0.295. The summed E-state index contributed by atoms with van der Waals surface area (Å²) in [6, 6.07) is 5.96. The molecule has 0 unspecified atom stereocenters. The normalized spacial score (nSPS) is 17.5. The highest BCUT2D eigenvalue weighted by atomic mass is 16.5. The van der Waals surface area contributed by atoms with Crippen molar-refractivity contribution in [2.24, 2.45) is 7.05 Å². The number of rotatable bonds is 4. The summed E-state index contributed by atoms with van der Waals surface area (Å²) in [5.74, 6) is 1.90. The number of fused-ring (bicyclic) bond motifs is 1. The zero-order valence-electron chi connectivity index (χ0n) is 11.0. The highest BCUT2D eigenvalue weighted by molar-refractivity contribution is 5.39. The number of ether oxygens (including phenoxy) is 1. The Balaban J connectivity index is 1.60. The van der Waals surface area contributed by atoms with Crippen molar-refractivity contribution in [2.45, 2.75) is 25.4 Å². The lowest BCUT2D eigenvalue weighted by atomic mass is 10.1. The van der Waals surface area contributed by atoms with Gasteiger partial charge in [-0.15, -0.1) is 0 Å². The van der Waals surface area contributed by atoms with Gasteiger partial charge in [0.2, 0.25) is 0 Å². The molecular weight excluding hydrogens is 240 g/mol. The average molecular weight is 258 g/mol. The van der Waals surface area contributed by atoms with Crippen LogP contribution in [0.2, 0.25) is 0 Å². The van der Waals surface area contributed by atoms with Crippen LogP contribution in [0.3, 0.4) is 0 Å². The number of nitrogens with zero attached hydrogens (tertiary/aromatic N) is 2. The Labute approximate surface area is 112 Å². The number of aryl methyl sites for hydroxylation is 2. The van der Waals surface area contributed by atoms with Gasteiger partial charge in [0.25, 0.3) is 0 Å². The van der Waals surface area contributed by atoms with Crippen LogP contribution in [0.5, 0.6) is 5.75 Å². The third-order valence-electron chi connectivity index (χ3n) is 3.68. The minimum Gasteiger partial charge on any atom is -0.493 e. The molecule has 0 bridgehead atoms. The molecule has 0 saturated heterocycles. The van der Waals surface area contributed by atoms with Gasteiger partial charge < -0.3 is 14.4 Å². The predicted octanol–water partition coefficient (Wildman–Crippen LogP) is 2.02. The smallest absolute Gasteiger partial charge is 0.119 e. The van der Waals surface area contributed by atoms with Gasteiger partial charge >= 0.3 is 0 Å². The van der Waals surface area contributed by atoms with E-state index in [0.29, 0.717) is 6.61 Å². The van der Waals surface area contributed by atoms with Gasteiger partial charge in [-0.3, -0.25) is 0 Å². The lowest BCUT2D eigenvalue weighted by molar-refractivity contribution is 0.180. The molecule has 1 aliphatic carbocycles. The number of hydrogen-bond donors (Lipinski definition) is 1. The third kappa shape index (κ3) is 2.49. The number of hydrogen-bond acceptors (Lipinski definition) is 3. The van der Waals surface area contributed by atoms with E-state index >= 15 is 0 Å². The maximum absolute atomic E-state index is 9.75. The van der Waals surface area contributed by atoms with E-state index in [2.05, 4.69) is 4.98 Å². The van der Waals surface area contributed by atoms with Crippen LogP contribution in [0, 0.1) is 0 Å². The van der Waals surface area contributed by atoms with Gasteiger partial charge in [0.15, 0.2) is 0 Å². The molecule has 4 heteroatoms. The topological polar surface area (TPSA) is 47.3 Å². The van der Waals surface area contributed by atoms with Crippen molar-refractivity contribution in [2.75, 3.05) is 6.61 Å². The van der Waals surface area contributed by atoms with Gasteiger partial charge in [-0.25, -0.2) is 4.98 Å². The Kier molecular flexibility index (Phi) is 3.25. The fraction of sp³-hybridized carbons (Fsp3) is 0.400. The number of imidazole rings is 1. The quantitative estimate of drug-likeness (QED) is 0.912. The number of aromatic nitrogens is 2. The Morgan fingerprint density at radius 2 is 2.37 bits per heavy atom. The van der Waals surface area contributed by atoms with E-state index in [1.807, 2.05) is 36.0 Å². The molecule has 1 heterocycles. The van der Waals surface area contributed by atoms with Crippen LogP contribution in [0.4, 0.5) is 0 Å². The Morgan fingerprint density at radius 3 is 3.16 bits per heavy atom. The summed E-state index contributed by atoms with van der Waals surface area (Å²) in [7, 11) is 1.99. The first kappa shape index (κ1) is 12.2. The molecule has 19 heavy (non-hydrogen) atoms. The Morgan fingerprint density at radius 1 is 1.47 bits per heavy atom. The van der Waals surface area contributed by atoms with E-state index in [1.165, 1.54) is 5.56 Å². The first-order valence-electron chi connectivity index (χ1n) is 6.64. The van der Waals surface area contributed by atoms with Gasteiger partial charge in [-0.1, -0.05) is 6.07 Å². The average Bonchev–Trinajstić information content (AvgIpc) is 2.97. The molecular formula is C15H18N2O2. The molecule has 3 rings (SSSR count). The highest BCUT2D eigenvalue weighted by Crippen LogP contribution is 2.33. The number of aliphatic hydroxyl groups excluding tert-OH is 1. The van der Waals surface area contributed by atoms with Crippen molar-refractivity contribution < 1.29 is 9.84 Å². The SMILES string of the molecule is Cn1ccnc1CCOc1ccc2c(c1)CC[C@@H]2O. The van der Waals surface area contributed by atoms with Gasteiger partial charge in [0, 0.05) is 25.9 Å². The van der Waals surface area contributed by atoms with Crippen molar-refractivity contribution in [1.29, 1.82) is 0 Å². The molecule has 1 aromatic carbocycles. The summed E-state index contributed by atoms with van der Waals surface area (Å²) in [5.41, 5.74) is 2.26. The standard InChI is InChI=1S/C15H18N2O2/c1-17-8-7-16-15(17)6-9-19-12-3-4-13-11(10-12)2-5-14(13)18/h3-4,7-8,10,14,18H,2,5-6,9H2,1H3/t14-/m0/s1. The van der Waals surface area contributed by atoms with E-state index in [0.717, 1.165) is 36.4 Å². The van der Waals surface area contributed by atoms with Crippen LogP contribution in [0.25, 0.3) is 0 Å². The zero-order valence-corrected chi connectivity index (χ0v) is 11.0. The summed E-state index contributed by atoms with van der Waals surface area (Å²) in [5, 5.41) is 9.75. The number of benzene rings is 1. The van der Waals surface area contributed by atoms with E-state index in [1.54, 1.807) is 6.20 Å². The molecule has 1 aromatic heterocycles. The Hall–Kier alpha value is -1.81. The highest BCUT2D eigenvalue weighted by Gasteiger charge is 2.20. The lowest BCUT2D eigenvalue weighted by Crippen LogP contribution is -2.06. The molecule has 0 saturated carbocycles. The summed E-state index contributed by atoms with van der Waals surface area (Å²) >= 11 is 0. The van der Waals surface area contributed by atoms with Crippen LogP contribution in [0.15, 0.2) is 30.6 Å². The van der Waals surface area contributed by atoms with Crippen LogP contribution in [-0.4, -0.2) is 21.3 Å². The fourth-order valence-electron chi connectivity index (χ4n) is 2.56. The largest absolute Gasteiger partial charge is 0.493 e. The van der Waals surface area contributed by atoms with Crippen LogP contribution >= 0.6 is 0 Å². The Bertz CT molecular complexity index is 577. The van der Waals surface area contributed by atoms with Crippen LogP contribution in [0.1, 0.15) is 29.5 Å². The van der Waals surface area contributed by atoms with Crippen molar-refractivity contribution in [3.8, 4) is 5.75 Å². The van der Waals surface area contributed by atoms with Gasteiger partial charge in [-0.2, -0.15) is 0 Å². The summed E-state index contributed by atoms with van der Waals surface area (Å²) < 4.78 is 7.76. The molecule has 1 N–H and O–H groups in total.